The zero-order valence-electron chi connectivity index (χ0n) is 16.6. The van der Waals surface area contributed by atoms with Crippen molar-refractivity contribution >= 4 is 35.1 Å². The number of thioether (sulfide) groups is 1. The third-order valence-electron chi connectivity index (χ3n) is 6.04. The standard InChI is InChI=1S/C21H21N5O3S/c1-10(11-3-4-11)25-9-13-7-12(8-15(30-2)16(13)20(25)27)14-5-6-26-19(23-14)17(21(28)29)18(22)24-26/h5-8,10-11H,3-4,9H2,1-2H3,(H2,22,24)(H,28,29). The van der Waals surface area contributed by atoms with Gasteiger partial charge in [-0.1, -0.05) is 0 Å². The van der Waals surface area contributed by atoms with Crippen molar-refractivity contribution in [3.8, 4) is 11.3 Å². The Kier molecular flexibility index (Phi) is 4.25. The predicted molar refractivity (Wildman–Crippen MR) is 114 cm³/mol. The van der Waals surface area contributed by atoms with Crippen molar-refractivity contribution < 1.29 is 14.7 Å². The summed E-state index contributed by atoms with van der Waals surface area (Å²) in [5.41, 5.74) is 9.06. The minimum absolute atomic E-state index is 0.0683. The van der Waals surface area contributed by atoms with Gasteiger partial charge in [-0.15, -0.1) is 16.9 Å². The molecule has 154 valence electrons. The second-order valence-electron chi connectivity index (χ2n) is 7.87. The summed E-state index contributed by atoms with van der Waals surface area (Å²) >= 11 is 1.53. The molecule has 0 bridgehead atoms. The summed E-state index contributed by atoms with van der Waals surface area (Å²) in [6.45, 7) is 2.73. The van der Waals surface area contributed by atoms with Gasteiger partial charge in [-0.25, -0.2) is 14.3 Å². The number of anilines is 1. The maximum Gasteiger partial charge on any atom is 0.343 e. The molecule has 8 nitrogen and oxygen atoms in total. The van der Waals surface area contributed by atoms with Gasteiger partial charge in [0.05, 0.1) is 11.3 Å². The Labute approximate surface area is 177 Å². The molecular formula is C21H21N5O3S. The van der Waals surface area contributed by atoms with Crippen molar-refractivity contribution in [3.05, 3.63) is 41.1 Å². The Hall–Kier alpha value is -3.07. The number of nitrogens with zero attached hydrogens (tertiary/aromatic N) is 4. The van der Waals surface area contributed by atoms with Gasteiger partial charge in [0.25, 0.3) is 5.91 Å². The molecule has 1 aliphatic carbocycles. The van der Waals surface area contributed by atoms with Gasteiger partial charge in [0.15, 0.2) is 11.5 Å². The van der Waals surface area contributed by atoms with Crippen molar-refractivity contribution in [2.45, 2.75) is 37.2 Å². The number of carbonyl (C=O) groups is 2. The number of rotatable bonds is 5. The highest BCUT2D eigenvalue weighted by Gasteiger charge is 2.39. The lowest BCUT2D eigenvalue weighted by Gasteiger charge is -2.24. The number of carboxylic acids is 1. The number of aromatic nitrogens is 3. The van der Waals surface area contributed by atoms with Crippen molar-refractivity contribution in [2.75, 3.05) is 12.0 Å². The molecule has 1 unspecified atom stereocenters. The number of carbonyl (C=O) groups excluding carboxylic acids is 1. The zero-order chi connectivity index (χ0) is 21.2. The summed E-state index contributed by atoms with van der Waals surface area (Å²) in [7, 11) is 0. The van der Waals surface area contributed by atoms with Crippen LogP contribution in [0.1, 0.15) is 46.0 Å². The van der Waals surface area contributed by atoms with E-state index in [1.807, 2.05) is 23.3 Å². The monoisotopic (exact) mass is 423 g/mol. The third kappa shape index (κ3) is 2.84. The Balaban J connectivity index is 1.60. The number of fused-ring (bicyclic) bond motifs is 2. The van der Waals surface area contributed by atoms with E-state index in [9.17, 15) is 14.7 Å². The van der Waals surface area contributed by atoms with Crippen molar-refractivity contribution in [1.82, 2.24) is 19.5 Å². The van der Waals surface area contributed by atoms with Gasteiger partial charge >= 0.3 is 5.97 Å². The lowest BCUT2D eigenvalue weighted by molar-refractivity contribution is 0.0688. The molecule has 2 aliphatic rings. The molecule has 30 heavy (non-hydrogen) atoms. The van der Waals surface area contributed by atoms with Gasteiger partial charge in [0, 0.05) is 29.2 Å². The number of aromatic carboxylic acids is 1. The van der Waals surface area contributed by atoms with Crippen molar-refractivity contribution in [1.29, 1.82) is 0 Å². The molecule has 1 aromatic carbocycles. The molecule has 3 heterocycles. The Bertz CT molecular complexity index is 1220. The van der Waals surface area contributed by atoms with Crippen LogP contribution in [0.2, 0.25) is 0 Å². The van der Waals surface area contributed by atoms with E-state index in [1.165, 1.54) is 29.1 Å². The molecule has 0 radical (unpaired) electrons. The van der Waals surface area contributed by atoms with E-state index in [0.717, 1.165) is 21.6 Å². The number of carboxylic acid groups (broad SMARTS) is 1. The van der Waals surface area contributed by atoms with Crippen LogP contribution in [0.25, 0.3) is 16.9 Å². The normalized spacial score (nSPS) is 16.9. The minimum Gasteiger partial charge on any atom is -0.477 e. The summed E-state index contributed by atoms with van der Waals surface area (Å²) in [4.78, 5) is 32.1. The first kappa shape index (κ1) is 18.9. The quantitative estimate of drug-likeness (QED) is 0.606. The zero-order valence-corrected chi connectivity index (χ0v) is 17.4. The lowest BCUT2D eigenvalue weighted by Crippen LogP contribution is -2.34. The first-order valence-electron chi connectivity index (χ1n) is 9.79. The highest BCUT2D eigenvalue weighted by molar-refractivity contribution is 7.98. The molecule has 3 N–H and O–H groups in total. The summed E-state index contributed by atoms with van der Waals surface area (Å²) < 4.78 is 1.37. The molecule has 0 saturated heterocycles. The minimum atomic E-state index is -1.17. The second kappa shape index (κ2) is 6.73. The number of hydrogen-bond donors (Lipinski definition) is 2. The molecular weight excluding hydrogens is 402 g/mol. The number of benzene rings is 1. The highest BCUT2D eigenvalue weighted by Crippen LogP contribution is 2.41. The lowest BCUT2D eigenvalue weighted by atomic mass is 10.0. The van der Waals surface area contributed by atoms with Gasteiger partial charge < -0.3 is 15.7 Å². The molecule has 1 aliphatic heterocycles. The largest absolute Gasteiger partial charge is 0.477 e. The van der Waals surface area contributed by atoms with Crippen LogP contribution in [-0.2, 0) is 6.54 Å². The van der Waals surface area contributed by atoms with E-state index in [1.54, 1.807) is 12.3 Å². The topological polar surface area (TPSA) is 114 Å². The predicted octanol–water partition coefficient (Wildman–Crippen LogP) is 3.15. The van der Waals surface area contributed by atoms with E-state index in [2.05, 4.69) is 17.0 Å². The van der Waals surface area contributed by atoms with Crippen LogP contribution in [0.15, 0.2) is 29.3 Å². The molecule has 1 atom stereocenters. The van der Waals surface area contributed by atoms with Gasteiger partial charge in [0.1, 0.15) is 5.56 Å². The fourth-order valence-corrected chi connectivity index (χ4v) is 4.89. The molecule has 1 amide bonds. The fourth-order valence-electron chi connectivity index (χ4n) is 4.22. The Morgan fingerprint density at radius 1 is 1.37 bits per heavy atom. The van der Waals surface area contributed by atoms with Crippen LogP contribution in [0, 0.1) is 5.92 Å². The first-order valence-corrected chi connectivity index (χ1v) is 11.0. The average Bonchev–Trinajstić information content (AvgIpc) is 3.44. The maximum absolute atomic E-state index is 13.1. The van der Waals surface area contributed by atoms with Gasteiger partial charge in [-0.2, -0.15) is 0 Å². The van der Waals surface area contributed by atoms with Gasteiger partial charge in [0.2, 0.25) is 0 Å². The molecule has 5 rings (SSSR count). The highest BCUT2D eigenvalue weighted by atomic mass is 32.2. The third-order valence-corrected chi connectivity index (χ3v) is 6.80. The summed E-state index contributed by atoms with van der Waals surface area (Å²) in [5, 5.41) is 13.5. The molecule has 0 spiro atoms. The van der Waals surface area contributed by atoms with E-state index in [4.69, 9.17) is 5.73 Å². The molecule has 3 aromatic rings. The Morgan fingerprint density at radius 3 is 2.80 bits per heavy atom. The summed E-state index contributed by atoms with van der Waals surface area (Å²) in [6.07, 6.45) is 5.98. The van der Waals surface area contributed by atoms with Crippen molar-refractivity contribution in [3.63, 3.8) is 0 Å². The smallest absolute Gasteiger partial charge is 0.343 e. The van der Waals surface area contributed by atoms with Crippen LogP contribution in [-0.4, -0.2) is 48.8 Å². The van der Waals surface area contributed by atoms with E-state index in [-0.39, 0.29) is 29.0 Å². The number of hydrogen-bond acceptors (Lipinski definition) is 6. The van der Waals surface area contributed by atoms with Gasteiger partial charge in [-0.3, -0.25) is 4.79 Å². The van der Waals surface area contributed by atoms with Crippen LogP contribution in [0.4, 0.5) is 5.82 Å². The van der Waals surface area contributed by atoms with Gasteiger partial charge in [-0.05, 0) is 55.7 Å². The van der Waals surface area contributed by atoms with E-state index in [0.29, 0.717) is 18.2 Å². The average molecular weight is 423 g/mol. The molecule has 1 saturated carbocycles. The number of nitrogens with two attached hydrogens (primary N) is 1. The maximum atomic E-state index is 13.1. The molecule has 2 aromatic heterocycles. The fraction of sp³-hybridized carbons (Fsp3) is 0.333. The number of amides is 1. The van der Waals surface area contributed by atoms with Crippen LogP contribution < -0.4 is 5.73 Å². The Morgan fingerprint density at radius 2 is 2.13 bits per heavy atom. The van der Waals surface area contributed by atoms with E-state index >= 15 is 0 Å². The molecule has 1 fully saturated rings. The van der Waals surface area contributed by atoms with E-state index < -0.39 is 5.97 Å². The SMILES string of the molecule is CSc1cc(-c2ccn3nc(N)c(C(=O)O)c3n2)cc2c1C(=O)N(C(C)C1CC1)C2. The van der Waals surface area contributed by atoms with Crippen LogP contribution in [0.3, 0.4) is 0 Å². The first-order chi connectivity index (χ1) is 14.4. The number of nitrogen functional groups attached to an aromatic ring is 1. The molecule has 9 heteroatoms. The van der Waals surface area contributed by atoms with Crippen molar-refractivity contribution in [2.24, 2.45) is 5.92 Å². The van der Waals surface area contributed by atoms with Crippen LogP contribution >= 0.6 is 11.8 Å². The second-order valence-corrected chi connectivity index (χ2v) is 8.72. The van der Waals surface area contributed by atoms with Crippen LogP contribution in [0.5, 0.6) is 0 Å². The summed E-state index contributed by atoms with van der Waals surface area (Å²) in [6, 6.07) is 5.96. The summed E-state index contributed by atoms with van der Waals surface area (Å²) in [5.74, 6) is -0.533.